The van der Waals surface area contributed by atoms with E-state index in [1.54, 1.807) is 5.57 Å². The van der Waals surface area contributed by atoms with E-state index in [2.05, 4.69) is 48.6 Å². The Kier molecular flexibility index (Phi) is 3.13. The van der Waals surface area contributed by atoms with E-state index in [0.29, 0.717) is 0 Å². The second kappa shape index (κ2) is 4.91. The number of rotatable bonds is 3. The zero-order valence-electron chi connectivity index (χ0n) is 10.3. The van der Waals surface area contributed by atoms with Crippen LogP contribution in [0.2, 0.25) is 0 Å². The van der Waals surface area contributed by atoms with Gasteiger partial charge in [-0.2, -0.15) is 0 Å². The van der Waals surface area contributed by atoms with Gasteiger partial charge in [0.1, 0.15) is 0 Å². The van der Waals surface area contributed by atoms with Gasteiger partial charge >= 0.3 is 0 Å². The van der Waals surface area contributed by atoms with Gasteiger partial charge in [0.25, 0.3) is 0 Å². The predicted molar refractivity (Wildman–Crippen MR) is 72.8 cm³/mol. The van der Waals surface area contributed by atoms with Crippen LogP contribution in [0.15, 0.2) is 54.1 Å². The second-order valence-electron chi connectivity index (χ2n) is 5.36. The van der Waals surface area contributed by atoms with Crippen molar-refractivity contribution in [3.05, 3.63) is 59.7 Å². The molecule has 0 heteroatoms. The highest BCUT2D eigenvalue weighted by atomic mass is 14.3. The summed E-state index contributed by atoms with van der Waals surface area (Å²) in [4.78, 5) is 0. The molecule has 0 amide bonds. The zero-order chi connectivity index (χ0) is 11.5. The third-order valence-corrected chi connectivity index (χ3v) is 4.28. The fourth-order valence-electron chi connectivity index (χ4n) is 3.42. The van der Waals surface area contributed by atoms with Gasteiger partial charge in [0.05, 0.1) is 0 Å². The lowest BCUT2D eigenvalue weighted by Crippen LogP contribution is -2.12. The van der Waals surface area contributed by atoms with Crippen LogP contribution in [-0.4, -0.2) is 0 Å². The molecular weight excluding hydrogens is 204 g/mol. The van der Waals surface area contributed by atoms with E-state index in [1.165, 1.54) is 37.7 Å². The van der Waals surface area contributed by atoms with E-state index in [9.17, 15) is 0 Å². The molecule has 88 valence electrons. The van der Waals surface area contributed by atoms with Crippen molar-refractivity contribution in [3.8, 4) is 0 Å². The maximum Gasteiger partial charge on any atom is -0.0130 e. The SMILES string of the molecule is C1=CCC(C2CCCC2Cc2ccccc2)=C1. The lowest BCUT2D eigenvalue weighted by Gasteiger charge is -2.21. The fraction of sp³-hybridized carbons (Fsp3) is 0.412. The van der Waals surface area contributed by atoms with E-state index < -0.39 is 0 Å². The lowest BCUT2D eigenvalue weighted by atomic mass is 9.84. The second-order valence-corrected chi connectivity index (χ2v) is 5.36. The molecule has 0 N–H and O–H groups in total. The normalized spacial score (nSPS) is 27.4. The fourth-order valence-corrected chi connectivity index (χ4v) is 3.42. The van der Waals surface area contributed by atoms with Crippen LogP contribution in [-0.2, 0) is 6.42 Å². The van der Waals surface area contributed by atoms with Gasteiger partial charge in [-0.25, -0.2) is 0 Å². The molecule has 0 aromatic heterocycles. The van der Waals surface area contributed by atoms with Crippen LogP contribution in [0.5, 0.6) is 0 Å². The van der Waals surface area contributed by atoms with Crippen LogP contribution in [0.4, 0.5) is 0 Å². The van der Waals surface area contributed by atoms with Crippen LogP contribution >= 0.6 is 0 Å². The summed E-state index contributed by atoms with van der Waals surface area (Å²) in [6.07, 6.45) is 13.6. The van der Waals surface area contributed by atoms with Crippen LogP contribution in [0.1, 0.15) is 31.2 Å². The minimum atomic E-state index is 0.852. The molecule has 2 aliphatic rings. The maximum absolute atomic E-state index is 2.36. The number of benzene rings is 1. The van der Waals surface area contributed by atoms with E-state index >= 15 is 0 Å². The van der Waals surface area contributed by atoms with Crippen LogP contribution in [0, 0.1) is 11.8 Å². The molecule has 0 bridgehead atoms. The van der Waals surface area contributed by atoms with E-state index in [1.807, 2.05) is 0 Å². The van der Waals surface area contributed by atoms with Gasteiger partial charge < -0.3 is 0 Å². The number of hydrogen-bond donors (Lipinski definition) is 0. The van der Waals surface area contributed by atoms with Crippen LogP contribution in [0.3, 0.4) is 0 Å². The number of hydrogen-bond acceptors (Lipinski definition) is 0. The Balaban J connectivity index is 1.70. The summed E-state index contributed by atoms with van der Waals surface area (Å²) in [5.41, 5.74) is 3.19. The summed E-state index contributed by atoms with van der Waals surface area (Å²) < 4.78 is 0. The minimum absolute atomic E-state index is 0.852. The van der Waals surface area contributed by atoms with Crippen LogP contribution < -0.4 is 0 Å². The first-order valence-corrected chi connectivity index (χ1v) is 6.83. The molecule has 17 heavy (non-hydrogen) atoms. The Bertz CT molecular complexity index is 425. The highest BCUT2D eigenvalue weighted by molar-refractivity contribution is 5.27. The van der Waals surface area contributed by atoms with Crippen molar-refractivity contribution in [2.24, 2.45) is 11.8 Å². The maximum atomic E-state index is 2.36. The van der Waals surface area contributed by atoms with Gasteiger partial charge in [-0.05, 0) is 43.1 Å². The standard InChI is InChI=1S/C17H20/c1-2-7-14(8-3-1)13-16-11-6-12-17(16)15-9-4-5-10-15/h1-5,7-9,16-17H,6,10-13H2. The monoisotopic (exact) mass is 224 g/mol. The molecule has 2 unspecified atom stereocenters. The minimum Gasteiger partial charge on any atom is -0.0805 e. The summed E-state index contributed by atoms with van der Waals surface area (Å²) in [6, 6.07) is 11.0. The molecular formula is C17H20. The van der Waals surface area contributed by atoms with Crippen LogP contribution in [0.25, 0.3) is 0 Å². The molecule has 2 aliphatic carbocycles. The van der Waals surface area contributed by atoms with E-state index in [4.69, 9.17) is 0 Å². The highest BCUT2D eigenvalue weighted by Gasteiger charge is 2.29. The quantitative estimate of drug-likeness (QED) is 0.707. The molecule has 2 atom stereocenters. The van der Waals surface area contributed by atoms with Crippen molar-refractivity contribution in [1.29, 1.82) is 0 Å². The molecule has 3 rings (SSSR count). The number of allylic oxidation sites excluding steroid dienone is 4. The highest BCUT2D eigenvalue weighted by Crippen LogP contribution is 2.41. The van der Waals surface area contributed by atoms with Gasteiger partial charge in [0.15, 0.2) is 0 Å². The third kappa shape index (κ3) is 2.36. The molecule has 0 saturated heterocycles. The molecule has 1 fully saturated rings. The van der Waals surface area contributed by atoms with Crippen molar-refractivity contribution in [2.75, 3.05) is 0 Å². The van der Waals surface area contributed by atoms with Crippen molar-refractivity contribution >= 4 is 0 Å². The molecule has 0 heterocycles. The van der Waals surface area contributed by atoms with Crippen molar-refractivity contribution in [2.45, 2.75) is 32.1 Å². The first-order valence-electron chi connectivity index (χ1n) is 6.83. The molecule has 1 saturated carbocycles. The Labute approximate surface area is 104 Å². The molecule has 0 nitrogen and oxygen atoms in total. The summed E-state index contributed by atoms with van der Waals surface area (Å²) in [5, 5.41) is 0. The van der Waals surface area contributed by atoms with E-state index in [-0.39, 0.29) is 0 Å². The Hall–Kier alpha value is -1.30. The first kappa shape index (κ1) is 10.8. The Morgan fingerprint density at radius 2 is 1.94 bits per heavy atom. The average molecular weight is 224 g/mol. The summed E-state index contributed by atoms with van der Waals surface area (Å²) >= 11 is 0. The molecule has 0 aliphatic heterocycles. The Morgan fingerprint density at radius 3 is 2.71 bits per heavy atom. The third-order valence-electron chi connectivity index (χ3n) is 4.28. The topological polar surface area (TPSA) is 0 Å². The van der Waals surface area contributed by atoms with Gasteiger partial charge in [-0.15, -0.1) is 0 Å². The Morgan fingerprint density at radius 1 is 1.06 bits per heavy atom. The first-order chi connectivity index (χ1) is 8.43. The largest absolute Gasteiger partial charge is 0.0805 e. The predicted octanol–water partition coefficient (Wildman–Crippen LogP) is 4.53. The zero-order valence-corrected chi connectivity index (χ0v) is 10.3. The van der Waals surface area contributed by atoms with Gasteiger partial charge in [-0.3, -0.25) is 0 Å². The van der Waals surface area contributed by atoms with Gasteiger partial charge in [0.2, 0.25) is 0 Å². The smallest absolute Gasteiger partial charge is 0.0130 e. The molecule has 0 spiro atoms. The summed E-state index contributed by atoms with van der Waals surface area (Å²) in [7, 11) is 0. The van der Waals surface area contributed by atoms with Gasteiger partial charge in [0, 0.05) is 0 Å². The molecule has 0 radical (unpaired) electrons. The molecule has 1 aromatic rings. The van der Waals surface area contributed by atoms with Crippen molar-refractivity contribution in [1.82, 2.24) is 0 Å². The average Bonchev–Trinajstić information content (AvgIpc) is 3.00. The van der Waals surface area contributed by atoms with Gasteiger partial charge in [-0.1, -0.05) is 60.6 Å². The molecule has 1 aromatic carbocycles. The summed E-state index contributed by atoms with van der Waals surface area (Å²) in [5.74, 6) is 1.73. The van der Waals surface area contributed by atoms with E-state index in [0.717, 1.165) is 11.8 Å². The van der Waals surface area contributed by atoms with Crippen molar-refractivity contribution < 1.29 is 0 Å². The lowest BCUT2D eigenvalue weighted by molar-refractivity contribution is 0.433. The van der Waals surface area contributed by atoms with Crippen molar-refractivity contribution in [3.63, 3.8) is 0 Å². The summed E-state index contributed by atoms with van der Waals surface area (Å²) in [6.45, 7) is 0.